The van der Waals surface area contributed by atoms with Crippen LogP contribution in [-0.2, 0) is 16.0 Å². The Kier molecular flexibility index (Phi) is 7.19. The first-order valence-electron chi connectivity index (χ1n) is 8.46. The van der Waals surface area contributed by atoms with Crippen LogP contribution in [0.2, 0.25) is 0 Å². The number of hydrogen-bond donors (Lipinski definition) is 2. The van der Waals surface area contributed by atoms with Crippen molar-refractivity contribution < 1.29 is 19.1 Å². The van der Waals surface area contributed by atoms with Gasteiger partial charge in [0, 0.05) is 19.4 Å². The van der Waals surface area contributed by atoms with Crippen LogP contribution >= 0.6 is 0 Å². The lowest BCUT2D eigenvalue weighted by atomic mass is 10.0. The number of halogens is 1. The number of aromatic nitrogens is 4. The first-order chi connectivity index (χ1) is 12.5. The van der Waals surface area contributed by atoms with Crippen molar-refractivity contribution in [3.8, 4) is 0 Å². The number of carbonyl (C=O) groups excluding carboxylic acids is 1. The Labute approximate surface area is 150 Å². The second kappa shape index (κ2) is 9.59. The summed E-state index contributed by atoms with van der Waals surface area (Å²) >= 11 is 0. The molecule has 1 heterocycles. The monoisotopic (exact) mass is 363 g/mol. The van der Waals surface area contributed by atoms with E-state index in [1.54, 1.807) is 19.1 Å². The molecule has 0 bridgehead atoms. The quantitative estimate of drug-likeness (QED) is 0.621. The van der Waals surface area contributed by atoms with Crippen LogP contribution in [0.25, 0.3) is 0 Å². The number of rotatable bonds is 10. The molecule has 2 aromatic rings. The van der Waals surface area contributed by atoms with Crippen molar-refractivity contribution in [3.63, 3.8) is 0 Å². The van der Waals surface area contributed by atoms with E-state index in [2.05, 4.69) is 20.8 Å². The van der Waals surface area contributed by atoms with Crippen molar-refractivity contribution in [1.29, 1.82) is 0 Å². The van der Waals surface area contributed by atoms with Gasteiger partial charge in [0.1, 0.15) is 17.7 Å². The van der Waals surface area contributed by atoms with Crippen LogP contribution < -0.4 is 5.32 Å². The molecule has 9 heteroatoms. The summed E-state index contributed by atoms with van der Waals surface area (Å²) in [7, 11) is 0. The van der Waals surface area contributed by atoms with E-state index in [1.807, 2.05) is 0 Å². The number of hydrogen-bond acceptors (Lipinski definition) is 5. The first-order valence-corrected chi connectivity index (χ1v) is 8.46. The Balaban J connectivity index is 1.96. The molecule has 0 aliphatic heterocycles. The van der Waals surface area contributed by atoms with Crippen LogP contribution in [-0.4, -0.2) is 43.7 Å². The van der Waals surface area contributed by atoms with Gasteiger partial charge in [-0.25, -0.2) is 9.07 Å². The fourth-order valence-electron chi connectivity index (χ4n) is 2.61. The molecule has 0 aliphatic carbocycles. The number of carboxylic acids is 1. The van der Waals surface area contributed by atoms with Gasteiger partial charge >= 0.3 is 5.97 Å². The maximum Gasteiger partial charge on any atom is 0.303 e. The molecule has 0 saturated carbocycles. The minimum Gasteiger partial charge on any atom is -0.481 e. The lowest BCUT2D eigenvalue weighted by molar-refractivity contribution is -0.137. The third-order valence-corrected chi connectivity index (χ3v) is 3.94. The van der Waals surface area contributed by atoms with E-state index in [-0.39, 0.29) is 24.6 Å². The average Bonchev–Trinajstić information content (AvgIpc) is 3.01. The minimum absolute atomic E-state index is 0.125. The molecule has 2 N–H and O–H groups in total. The van der Waals surface area contributed by atoms with Crippen molar-refractivity contribution in [3.05, 3.63) is 41.5 Å². The molecule has 1 aromatic heterocycles. The molecule has 1 amide bonds. The number of tetrazole rings is 1. The Bertz CT molecular complexity index is 750. The van der Waals surface area contributed by atoms with E-state index >= 15 is 0 Å². The third-order valence-electron chi connectivity index (χ3n) is 3.94. The van der Waals surface area contributed by atoms with Crippen molar-refractivity contribution in [2.75, 3.05) is 6.54 Å². The highest BCUT2D eigenvalue weighted by atomic mass is 19.1. The topological polar surface area (TPSA) is 110 Å². The Hall–Kier alpha value is -2.84. The molecule has 0 fully saturated rings. The molecule has 1 aromatic carbocycles. The van der Waals surface area contributed by atoms with E-state index in [4.69, 9.17) is 5.11 Å². The standard InChI is InChI=1S/C17H22FN5O3/c1-12-20-21-22-23(12)15(11-13-6-5-7-14(18)10-13)17(26)19-9-4-2-3-8-16(24)25/h5-7,10,15H,2-4,8-9,11H2,1H3,(H,19,26)(H,24,25). The fraction of sp³-hybridized carbons (Fsp3) is 0.471. The molecule has 0 aliphatic rings. The number of nitrogens with one attached hydrogen (secondary N) is 1. The van der Waals surface area contributed by atoms with Crippen LogP contribution in [0.5, 0.6) is 0 Å². The molecular weight excluding hydrogens is 341 g/mol. The largest absolute Gasteiger partial charge is 0.481 e. The maximum atomic E-state index is 13.4. The zero-order valence-electron chi connectivity index (χ0n) is 14.6. The highest BCUT2D eigenvalue weighted by molar-refractivity contribution is 5.80. The van der Waals surface area contributed by atoms with Crippen LogP contribution in [0.1, 0.15) is 43.1 Å². The van der Waals surface area contributed by atoms with Crippen LogP contribution in [0.4, 0.5) is 4.39 Å². The number of aryl methyl sites for hydroxylation is 1. The fourth-order valence-corrected chi connectivity index (χ4v) is 2.61. The van der Waals surface area contributed by atoms with Gasteiger partial charge in [0.05, 0.1) is 0 Å². The van der Waals surface area contributed by atoms with Crippen LogP contribution in [0.15, 0.2) is 24.3 Å². The normalized spacial score (nSPS) is 11.9. The zero-order chi connectivity index (χ0) is 18.9. The van der Waals surface area contributed by atoms with Gasteiger partial charge in [-0.15, -0.1) is 5.10 Å². The summed E-state index contributed by atoms with van der Waals surface area (Å²) in [5.74, 6) is -0.960. The molecule has 2 rings (SSSR count). The second-order valence-corrected chi connectivity index (χ2v) is 6.02. The lowest BCUT2D eigenvalue weighted by Crippen LogP contribution is -2.35. The van der Waals surface area contributed by atoms with Gasteiger partial charge in [0.2, 0.25) is 5.91 Å². The van der Waals surface area contributed by atoms with E-state index in [9.17, 15) is 14.0 Å². The van der Waals surface area contributed by atoms with Crippen molar-refractivity contribution in [2.24, 2.45) is 0 Å². The van der Waals surface area contributed by atoms with Gasteiger partial charge in [0.25, 0.3) is 0 Å². The van der Waals surface area contributed by atoms with Gasteiger partial charge in [-0.05, 0) is 47.9 Å². The summed E-state index contributed by atoms with van der Waals surface area (Å²) in [6.07, 6.45) is 2.35. The third kappa shape index (κ3) is 5.91. The summed E-state index contributed by atoms with van der Waals surface area (Å²) in [6, 6.07) is 5.37. The van der Waals surface area contributed by atoms with Crippen LogP contribution in [0.3, 0.4) is 0 Å². The highest BCUT2D eigenvalue weighted by Gasteiger charge is 2.24. The smallest absolute Gasteiger partial charge is 0.303 e. The number of nitrogens with zero attached hydrogens (tertiary/aromatic N) is 4. The van der Waals surface area contributed by atoms with Gasteiger partial charge in [-0.1, -0.05) is 18.6 Å². The summed E-state index contributed by atoms with van der Waals surface area (Å²) in [4.78, 5) is 23.1. The Morgan fingerprint density at radius 1 is 1.31 bits per heavy atom. The molecular formula is C17H22FN5O3. The number of benzene rings is 1. The van der Waals surface area contributed by atoms with E-state index in [0.717, 1.165) is 0 Å². The number of carboxylic acid groups (broad SMARTS) is 1. The lowest BCUT2D eigenvalue weighted by Gasteiger charge is -2.17. The number of unbranched alkanes of at least 4 members (excludes halogenated alkanes) is 2. The predicted octanol–water partition coefficient (Wildman–Crippen LogP) is 1.67. The maximum absolute atomic E-state index is 13.4. The SMILES string of the molecule is Cc1nnnn1C(Cc1cccc(F)c1)C(=O)NCCCCCC(=O)O. The molecule has 1 unspecified atom stereocenters. The van der Waals surface area contributed by atoms with Crippen molar-refractivity contribution in [1.82, 2.24) is 25.5 Å². The molecule has 1 atom stereocenters. The molecule has 8 nitrogen and oxygen atoms in total. The zero-order valence-corrected chi connectivity index (χ0v) is 14.6. The number of aliphatic carboxylic acids is 1. The molecule has 0 spiro atoms. The van der Waals surface area contributed by atoms with Gasteiger partial charge < -0.3 is 10.4 Å². The summed E-state index contributed by atoms with van der Waals surface area (Å²) in [5, 5.41) is 22.7. The van der Waals surface area contributed by atoms with E-state index in [0.29, 0.717) is 37.2 Å². The molecule has 0 radical (unpaired) electrons. The summed E-state index contributed by atoms with van der Waals surface area (Å²) in [6.45, 7) is 2.12. The molecule has 0 saturated heterocycles. The van der Waals surface area contributed by atoms with Crippen LogP contribution in [0, 0.1) is 12.7 Å². The number of amides is 1. The van der Waals surface area contributed by atoms with E-state index in [1.165, 1.54) is 16.8 Å². The van der Waals surface area contributed by atoms with Gasteiger partial charge in [-0.2, -0.15) is 0 Å². The summed E-state index contributed by atoms with van der Waals surface area (Å²) < 4.78 is 14.9. The van der Waals surface area contributed by atoms with Gasteiger partial charge in [0.15, 0.2) is 0 Å². The first kappa shape index (κ1) is 19.5. The highest BCUT2D eigenvalue weighted by Crippen LogP contribution is 2.16. The minimum atomic E-state index is -0.821. The van der Waals surface area contributed by atoms with Crippen molar-refractivity contribution >= 4 is 11.9 Å². The average molecular weight is 363 g/mol. The van der Waals surface area contributed by atoms with E-state index < -0.39 is 12.0 Å². The predicted molar refractivity (Wildman–Crippen MR) is 90.8 cm³/mol. The summed E-state index contributed by atoms with van der Waals surface area (Å²) in [5.41, 5.74) is 0.668. The Morgan fingerprint density at radius 3 is 2.77 bits per heavy atom. The number of carbonyl (C=O) groups is 2. The second-order valence-electron chi connectivity index (χ2n) is 6.02. The molecule has 140 valence electrons. The van der Waals surface area contributed by atoms with Crippen molar-refractivity contribution in [2.45, 2.75) is 45.1 Å². The molecule has 26 heavy (non-hydrogen) atoms. The Morgan fingerprint density at radius 2 is 2.12 bits per heavy atom. The van der Waals surface area contributed by atoms with Gasteiger partial charge in [-0.3, -0.25) is 9.59 Å².